The average Bonchev–Trinajstić information content (AvgIpc) is 3.14. The lowest BCUT2D eigenvalue weighted by Crippen LogP contribution is -2.22. The molecule has 0 radical (unpaired) electrons. The van der Waals surface area contributed by atoms with E-state index in [1.54, 1.807) is 4.57 Å². The Hall–Kier alpha value is -1.48. The Bertz CT molecular complexity index is 1140. The zero-order valence-corrected chi connectivity index (χ0v) is 19.0. The monoisotopic (exact) mass is 518 g/mol. The molecule has 0 aliphatic carbocycles. The Morgan fingerprint density at radius 3 is 2.50 bits per heavy atom. The summed E-state index contributed by atoms with van der Waals surface area (Å²) in [4.78, 5) is 47.9. The molecule has 5 atom stereocenters. The highest BCUT2D eigenvalue weighted by atomic mass is 31.3. The Labute approximate surface area is 180 Å². The highest BCUT2D eigenvalue weighted by Crippen LogP contribution is 2.66. The van der Waals surface area contributed by atoms with Gasteiger partial charge in [0.2, 0.25) is 5.95 Å². The summed E-state index contributed by atoms with van der Waals surface area (Å²) in [5, 5.41) is 0. The largest absolute Gasteiger partial charge is 0.490 e. The molecule has 17 nitrogen and oxygen atoms in total. The summed E-state index contributed by atoms with van der Waals surface area (Å²) in [6.45, 7) is 1.64. The van der Waals surface area contributed by atoms with E-state index in [9.17, 15) is 18.6 Å². The van der Waals surface area contributed by atoms with E-state index in [2.05, 4.69) is 28.1 Å². The summed E-state index contributed by atoms with van der Waals surface area (Å²) in [5.41, 5.74) is 12.2. The molecule has 2 aromatic heterocycles. The number of imidazole rings is 1. The van der Waals surface area contributed by atoms with Crippen molar-refractivity contribution in [2.24, 2.45) is 5.92 Å². The summed E-state index contributed by atoms with van der Waals surface area (Å²) < 4.78 is 53.3. The fourth-order valence-electron chi connectivity index (χ4n) is 3.13. The highest BCUT2D eigenvalue weighted by Gasteiger charge is 2.42. The molecule has 0 saturated carbocycles. The van der Waals surface area contributed by atoms with Gasteiger partial charge in [0.25, 0.3) is 0 Å². The van der Waals surface area contributed by atoms with Crippen LogP contribution in [0.15, 0.2) is 6.33 Å². The number of ether oxygens (including phenoxy) is 1. The summed E-state index contributed by atoms with van der Waals surface area (Å²) >= 11 is 0. The average molecular weight is 518 g/mol. The molecule has 180 valence electrons. The van der Waals surface area contributed by atoms with Gasteiger partial charge in [-0.05, 0) is 12.3 Å². The Morgan fingerprint density at radius 1 is 1.16 bits per heavy atom. The number of hydrogen-bond donors (Lipinski definition) is 6. The maximum Gasteiger partial charge on any atom is 0.490 e. The van der Waals surface area contributed by atoms with E-state index in [0.717, 1.165) is 0 Å². The number of rotatable bonds is 9. The molecule has 3 rings (SSSR count). The molecule has 3 heterocycles. The van der Waals surface area contributed by atoms with Crippen molar-refractivity contribution in [2.45, 2.75) is 32.1 Å². The molecular formula is C12H21N6O11P3. The molecule has 2 aromatic rings. The van der Waals surface area contributed by atoms with Gasteiger partial charge in [0.05, 0.1) is 31.7 Å². The third-order valence-electron chi connectivity index (χ3n) is 4.36. The lowest BCUT2D eigenvalue weighted by molar-refractivity contribution is -0.00114. The number of anilines is 2. The maximum absolute atomic E-state index is 11.8. The first kappa shape index (κ1) is 25.1. The van der Waals surface area contributed by atoms with Crippen LogP contribution >= 0.6 is 23.5 Å². The highest BCUT2D eigenvalue weighted by molar-refractivity contribution is 7.66. The van der Waals surface area contributed by atoms with Crippen LogP contribution in [0.4, 0.5) is 11.8 Å². The quantitative estimate of drug-likeness (QED) is 0.241. The van der Waals surface area contributed by atoms with Gasteiger partial charge in [-0.15, -0.1) is 0 Å². The van der Waals surface area contributed by atoms with Crippen LogP contribution in [-0.4, -0.2) is 57.9 Å². The number of phosphoric acid groups is 3. The minimum absolute atomic E-state index is 0.0222. The first-order valence-electron chi connectivity index (χ1n) is 8.82. The molecule has 20 heteroatoms. The van der Waals surface area contributed by atoms with E-state index in [0.29, 0.717) is 24.1 Å². The predicted molar refractivity (Wildman–Crippen MR) is 106 cm³/mol. The second kappa shape index (κ2) is 9.05. The van der Waals surface area contributed by atoms with Gasteiger partial charge in [-0.25, -0.2) is 18.7 Å². The Morgan fingerprint density at radius 2 is 1.84 bits per heavy atom. The standard InChI is InChI=1S/C12H21N6O11P3/c1-6-2-7(4-26-31(22,23)29-32(24,25)28-30(19,20)21)27-8(6)3-18-5-15-9-10(13)16-12(14)17-11(9)18/h5-8H,2-4H2,1H3,(H,22,23)(H,24,25)(H2,19,20,21)(H4,13,14,16,17)/t6-,7-,8-/m0/s1. The van der Waals surface area contributed by atoms with Crippen LogP contribution in [0.5, 0.6) is 0 Å². The van der Waals surface area contributed by atoms with E-state index in [-0.39, 0.29) is 23.8 Å². The molecule has 1 fully saturated rings. The molecule has 32 heavy (non-hydrogen) atoms. The van der Waals surface area contributed by atoms with Crippen LogP contribution < -0.4 is 11.5 Å². The van der Waals surface area contributed by atoms with Gasteiger partial charge in [0, 0.05) is 0 Å². The Balaban J connectivity index is 1.59. The van der Waals surface area contributed by atoms with Gasteiger partial charge in [0.1, 0.15) is 5.52 Å². The van der Waals surface area contributed by atoms with Crippen LogP contribution in [0.1, 0.15) is 13.3 Å². The molecule has 1 aliphatic heterocycles. The van der Waals surface area contributed by atoms with Crippen molar-refractivity contribution < 1.29 is 51.2 Å². The van der Waals surface area contributed by atoms with Crippen LogP contribution in [0.25, 0.3) is 11.2 Å². The lowest BCUT2D eigenvalue weighted by Gasteiger charge is -2.18. The van der Waals surface area contributed by atoms with Gasteiger partial charge >= 0.3 is 23.5 Å². The predicted octanol–water partition coefficient (Wildman–Crippen LogP) is 0.128. The van der Waals surface area contributed by atoms with Gasteiger partial charge in [-0.2, -0.15) is 18.6 Å². The number of nitrogens with two attached hydrogens (primary N) is 2. The number of nitrogen functional groups attached to an aromatic ring is 2. The number of nitrogens with zero attached hydrogens (tertiary/aromatic N) is 4. The third kappa shape index (κ3) is 6.53. The van der Waals surface area contributed by atoms with Crippen molar-refractivity contribution in [1.29, 1.82) is 0 Å². The van der Waals surface area contributed by atoms with Crippen molar-refractivity contribution in [3.8, 4) is 0 Å². The summed E-state index contributed by atoms with van der Waals surface area (Å²) in [7, 11) is -16.3. The van der Waals surface area contributed by atoms with E-state index in [1.165, 1.54) is 6.33 Å². The number of hydrogen-bond acceptors (Lipinski definition) is 12. The molecule has 2 unspecified atom stereocenters. The van der Waals surface area contributed by atoms with E-state index < -0.39 is 36.2 Å². The third-order valence-corrected chi connectivity index (χ3v) is 8.16. The van der Waals surface area contributed by atoms with E-state index >= 15 is 0 Å². The lowest BCUT2D eigenvalue weighted by atomic mass is 10.0. The maximum atomic E-state index is 11.8. The molecule has 0 amide bonds. The molecule has 8 N–H and O–H groups in total. The summed E-state index contributed by atoms with van der Waals surface area (Å²) in [6, 6.07) is 0. The normalized spacial score (nSPS) is 25.6. The number of phosphoric ester groups is 1. The molecule has 1 aliphatic rings. The van der Waals surface area contributed by atoms with Crippen molar-refractivity contribution >= 4 is 46.4 Å². The van der Waals surface area contributed by atoms with Crippen molar-refractivity contribution in [3.05, 3.63) is 6.33 Å². The van der Waals surface area contributed by atoms with Gasteiger partial charge in [0.15, 0.2) is 11.5 Å². The van der Waals surface area contributed by atoms with Gasteiger partial charge < -0.3 is 40.3 Å². The smallest absolute Gasteiger partial charge is 0.382 e. The van der Waals surface area contributed by atoms with Crippen LogP contribution in [0, 0.1) is 5.92 Å². The molecule has 0 aromatic carbocycles. The first-order valence-corrected chi connectivity index (χ1v) is 13.3. The molecule has 0 spiro atoms. The van der Waals surface area contributed by atoms with Crippen LogP contribution in [0.3, 0.4) is 0 Å². The zero-order valence-electron chi connectivity index (χ0n) is 16.4. The van der Waals surface area contributed by atoms with Crippen molar-refractivity contribution in [3.63, 3.8) is 0 Å². The Kier molecular flexibility index (Phi) is 7.11. The minimum atomic E-state index is -5.58. The van der Waals surface area contributed by atoms with Crippen molar-refractivity contribution in [1.82, 2.24) is 19.5 Å². The first-order chi connectivity index (χ1) is 14.6. The second-order valence-electron chi connectivity index (χ2n) is 6.93. The van der Waals surface area contributed by atoms with Crippen LogP contribution in [-0.2, 0) is 38.1 Å². The number of fused-ring (bicyclic) bond motifs is 1. The topological polar surface area (TPSA) is 265 Å². The van der Waals surface area contributed by atoms with Crippen molar-refractivity contribution in [2.75, 3.05) is 18.1 Å². The van der Waals surface area contributed by atoms with E-state index in [4.69, 9.17) is 30.9 Å². The van der Waals surface area contributed by atoms with Gasteiger partial charge in [-0.3, -0.25) is 4.52 Å². The molecular weight excluding hydrogens is 497 g/mol. The van der Waals surface area contributed by atoms with Crippen LogP contribution in [0.2, 0.25) is 0 Å². The van der Waals surface area contributed by atoms with Gasteiger partial charge in [-0.1, -0.05) is 6.92 Å². The fraction of sp³-hybridized carbons (Fsp3) is 0.583. The summed E-state index contributed by atoms with van der Waals surface area (Å²) in [6.07, 6.45) is 0.801. The fourth-order valence-corrected chi connectivity index (χ4v) is 6.17. The molecule has 1 saturated heterocycles. The van der Waals surface area contributed by atoms with E-state index in [1.807, 2.05) is 6.92 Å². The second-order valence-corrected chi connectivity index (χ2v) is 11.4. The number of aromatic nitrogens is 4. The SMILES string of the molecule is C[C@H]1C[C@@H](COP(=O)(O)OP(=O)(O)OP(=O)(O)O)O[C@H]1Cn1cnc2c(N)nc(N)nc21. The minimum Gasteiger partial charge on any atom is -0.382 e. The molecule has 0 bridgehead atoms. The summed E-state index contributed by atoms with van der Waals surface area (Å²) in [5.74, 6) is 0.0602. The zero-order chi connectivity index (χ0) is 23.9.